The molecule has 1 aromatic rings. The normalized spacial score (nSPS) is 12.2. The molecule has 0 aliphatic rings. The Balaban J connectivity index is 2.81. The van der Waals surface area contributed by atoms with Gasteiger partial charge in [-0.1, -0.05) is 29.5 Å². The molecule has 0 fully saturated rings. The average Bonchev–Trinajstić information content (AvgIpc) is 2.20. The summed E-state index contributed by atoms with van der Waals surface area (Å²) in [6, 6.07) is 5.73. The van der Waals surface area contributed by atoms with Crippen LogP contribution in [0.3, 0.4) is 0 Å². The van der Waals surface area contributed by atoms with Crippen molar-refractivity contribution >= 4 is 22.8 Å². The zero-order chi connectivity index (χ0) is 12.3. The molecule has 0 bridgehead atoms. The molecule has 0 saturated carbocycles. The number of hydrogen-bond donors (Lipinski definition) is 1. The number of aryl methyl sites for hydroxylation is 2. The highest BCUT2D eigenvalue weighted by Gasteiger charge is 2.21. The Morgan fingerprint density at radius 3 is 2.44 bits per heavy atom. The van der Waals surface area contributed by atoms with Crippen molar-refractivity contribution in [1.82, 2.24) is 0 Å². The first kappa shape index (κ1) is 12.8. The van der Waals surface area contributed by atoms with Crippen molar-refractivity contribution < 1.29 is 14.7 Å². The lowest BCUT2D eigenvalue weighted by molar-refractivity contribution is -0.143. The number of benzene rings is 1. The van der Waals surface area contributed by atoms with Crippen LogP contribution >= 0.6 is 11.8 Å². The highest BCUT2D eigenvalue weighted by Crippen LogP contribution is 2.26. The Labute approximate surface area is 98.9 Å². The van der Waals surface area contributed by atoms with Gasteiger partial charge in [-0.3, -0.25) is 9.59 Å². The van der Waals surface area contributed by atoms with E-state index in [0.29, 0.717) is 0 Å². The minimum Gasteiger partial charge on any atom is -0.481 e. The predicted octanol–water partition coefficient (Wildman–Crippen LogP) is 2.64. The van der Waals surface area contributed by atoms with E-state index in [0.717, 1.165) is 27.8 Å². The van der Waals surface area contributed by atoms with Crippen LogP contribution in [0.5, 0.6) is 0 Å². The van der Waals surface area contributed by atoms with Gasteiger partial charge in [-0.05, 0) is 32.4 Å². The molecule has 0 amide bonds. The fourth-order valence-corrected chi connectivity index (χ4v) is 2.06. The maximum absolute atomic E-state index is 11.6. The number of carbonyl (C=O) groups excluding carboxylic acids is 1. The first-order valence-corrected chi connectivity index (χ1v) is 5.75. The number of carboxylic acid groups (broad SMARTS) is 1. The quantitative estimate of drug-likeness (QED) is 0.649. The number of rotatable bonds is 3. The number of thioether (sulfide) groups is 1. The van der Waals surface area contributed by atoms with Crippen molar-refractivity contribution in [3.05, 3.63) is 29.3 Å². The molecule has 86 valence electrons. The van der Waals surface area contributed by atoms with E-state index < -0.39 is 11.9 Å². The monoisotopic (exact) mass is 238 g/mol. The van der Waals surface area contributed by atoms with E-state index in [1.165, 1.54) is 6.92 Å². The fourth-order valence-electron chi connectivity index (χ4n) is 1.21. The van der Waals surface area contributed by atoms with Crippen LogP contribution in [0.25, 0.3) is 0 Å². The van der Waals surface area contributed by atoms with Gasteiger partial charge in [0.2, 0.25) is 5.12 Å². The second-order valence-corrected chi connectivity index (χ2v) is 4.80. The molecule has 16 heavy (non-hydrogen) atoms. The summed E-state index contributed by atoms with van der Waals surface area (Å²) in [4.78, 5) is 23.0. The molecule has 4 heteroatoms. The number of carboxylic acids is 1. The molecule has 0 aromatic heterocycles. The molecule has 0 aliphatic carbocycles. The molecular weight excluding hydrogens is 224 g/mol. The third-order valence-corrected chi connectivity index (χ3v) is 3.50. The first-order chi connectivity index (χ1) is 7.41. The van der Waals surface area contributed by atoms with Crippen LogP contribution in [0.4, 0.5) is 0 Å². The maximum atomic E-state index is 11.6. The van der Waals surface area contributed by atoms with Crippen molar-refractivity contribution in [3.63, 3.8) is 0 Å². The van der Waals surface area contributed by atoms with Gasteiger partial charge < -0.3 is 5.11 Å². The highest BCUT2D eigenvalue weighted by atomic mass is 32.2. The molecule has 0 spiro atoms. The Kier molecular flexibility index (Phi) is 4.12. The lowest BCUT2D eigenvalue weighted by atomic mass is 10.2. The van der Waals surface area contributed by atoms with E-state index in [2.05, 4.69) is 0 Å². The molecule has 1 atom stereocenters. The summed E-state index contributed by atoms with van der Waals surface area (Å²) < 4.78 is 0. The van der Waals surface area contributed by atoms with Crippen LogP contribution in [0.1, 0.15) is 18.1 Å². The Morgan fingerprint density at radius 2 is 1.94 bits per heavy atom. The molecular formula is C12H14O3S. The Morgan fingerprint density at radius 1 is 1.31 bits per heavy atom. The molecule has 0 heterocycles. The molecule has 0 aliphatic heterocycles. The lowest BCUT2D eigenvalue weighted by Crippen LogP contribution is -2.17. The van der Waals surface area contributed by atoms with Crippen molar-refractivity contribution in [2.75, 3.05) is 0 Å². The van der Waals surface area contributed by atoms with Crippen LogP contribution in [-0.2, 0) is 9.59 Å². The van der Waals surface area contributed by atoms with Gasteiger partial charge in [0.05, 0.1) is 0 Å². The second kappa shape index (κ2) is 5.16. The zero-order valence-corrected chi connectivity index (χ0v) is 10.3. The van der Waals surface area contributed by atoms with Gasteiger partial charge in [0, 0.05) is 4.90 Å². The molecule has 0 radical (unpaired) electrons. The Hall–Kier alpha value is -1.29. The van der Waals surface area contributed by atoms with Crippen molar-refractivity contribution in [2.45, 2.75) is 25.7 Å². The molecule has 1 N–H and O–H groups in total. The largest absolute Gasteiger partial charge is 0.481 e. The van der Waals surface area contributed by atoms with Crippen LogP contribution in [0.2, 0.25) is 0 Å². The maximum Gasteiger partial charge on any atom is 0.314 e. The number of carbonyl (C=O) groups is 2. The predicted molar refractivity (Wildman–Crippen MR) is 63.6 cm³/mol. The van der Waals surface area contributed by atoms with Crippen LogP contribution in [0.15, 0.2) is 23.1 Å². The van der Waals surface area contributed by atoms with E-state index in [4.69, 9.17) is 5.11 Å². The van der Waals surface area contributed by atoms with Gasteiger partial charge in [-0.2, -0.15) is 0 Å². The van der Waals surface area contributed by atoms with E-state index in [9.17, 15) is 9.59 Å². The van der Waals surface area contributed by atoms with Gasteiger partial charge in [0.25, 0.3) is 0 Å². The SMILES string of the molecule is Cc1ccc(SC(=O)C(C)C(=O)O)c(C)c1. The molecule has 1 rings (SSSR count). The average molecular weight is 238 g/mol. The van der Waals surface area contributed by atoms with Gasteiger partial charge in [-0.15, -0.1) is 0 Å². The van der Waals surface area contributed by atoms with Crippen molar-refractivity contribution in [2.24, 2.45) is 5.92 Å². The molecule has 0 saturated heterocycles. The van der Waals surface area contributed by atoms with E-state index in [1.54, 1.807) is 0 Å². The van der Waals surface area contributed by atoms with E-state index in [1.807, 2.05) is 32.0 Å². The third-order valence-electron chi connectivity index (χ3n) is 2.26. The summed E-state index contributed by atoms with van der Waals surface area (Å²) in [7, 11) is 0. The van der Waals surface area contributed by atoms with Crippen molar-refractivity contribution in [3.8, 4) is 0 Å². The summed E-state index contributed by atoms with van der Waals surface area (Å²) in [6.45, 7) is 5.29. The standard InChI is InChI=1S/C12H14O3S/c1-7-4-5-10(8(2)6-7)16-12(15)9(3)11(13)14/h4-6,9H,1-3H3,(H,13,14). The van der Waals surface area contributed by atoms with Crippen LogP contribution < -0.4 is 0 Å². The van der Waals surface area contributed by atoms with Crippen LogP contribution in [-0.4, -0.2) is 16.2 Å². The minimum atomic E-state index is -1.08. The topological polar surface area (TPSA) is 54.4 Å². The number of hydrogen-bond acceptors (Lipinski definition) is 3. The van der Waals surface area contributed by atoms with Crippen LogP contribution in [0, 0.1) is 19.8 Å². The summed E-state index contributed by atoms with van der Waals surface area (Å²) in [5.74, 6) is -2.05. The van der Waals surface area contributed by atoms with E-state index >= 15 is 0 Å². The second-order valence-electron chi connectivity index (χ2n) is 3.75. The summed E-state index contributed by atoms with van der Waals surface area (Å²) in [5, 5.41) is 8.38. The first-order valence-electron chi connectivity index (χ1n) is 4.93. The smallest absolute Gasteiger partial charge is 0.314 e. The fraction of sp³-hybridized carbons (Fsp3) is 0.333. The minimum absolute atomic E-state index is 0.334. The summed E-state index contributed by atoms with van der Waals surface area (Å²) in [5.41, 5.74) is 2.12. The van der Waals surface area contributed by atoms with Gasteiger partial charge in [-0.25, -0.2) is 0 Å². The van der Waals surface area contributed by atoms with Crippen molar-refractivity contribution in [1.29, 1.82) is 0 Å². The van der Waals surface area contributed by atoms with Gasteiger partial charge in [0.15, 0.2) is 0 Å². The molecule has 3 nitrogen and oxygen atoms in total. The van der Waals surface area contributed by atoms with Gasteiger partial charge >= 0.3 is 5.97 Å². The third kappa shape index (κ3) is 3.10. The van der Waals surface area contributed by atoms with E-state index in [-0.39, 0.29) is 5.12 Å². The molecule has 1 unspecified atom stereocenters. The Bertz CT molecular complexity index is 426. The molecule has 1 aromatic carbocycles. The van der Waals surface area contributed by atoms with Gasteiger partial charge in [0.1, 0.15) is 5.92 Å². The highest BCUT2D eigenvalue weighted by molar-refractivity contribution is 8.13. The number of aliphatic carboxylic acids is 1. The summed E-state index contributed by atoms with van der Waals surface area (Å²) >= 11 is 0.996. The summed E-state index contributed by atoms with van der Waals surface area (Å²) in [6.07, 6.45) is 0. The lowest BCUT2D eigenvalue weighted by Gasteiger charge is -2.07. The zero-order valence-electron chi connectivity index (χ0n) is 9.48.